The summed E-state index contributed by atoms with van der Waals surface area (Å²) in [5.74, 6) is -0.803. The molecule has 1 unspecified atom stereocenters. The van der Waals surface area contributed by atoms with Gasteiger partial charge in [-0.05, 0) is 6.92 Å². The van der Waals surface area contributed by atoms with E-state index in [2.05, 4.69) is 10.4 Å². The topological polar surface area (TPSA) is 70.4 Å². The van der Waals surface area contributed by atoms with Gasteiger partial charge in [-0.15, -0.1) is 0 Å². The SMILES string of the molecule is CCn1cc(C(C(=O)O)N2CCNCC2)cn1. The van der Waals surface area contributed by atoms with Crippen LogP contribution in [0.4, 0.5) is 0 Å². The van der Waals surface area contributed by atoms with Crippen molar-refractivity contribution in [3.8, 4) is 0 Å². The maximum atomic E-state index is 11.4. The van der Waals surface area contributed by atoms with E-state index in [0.717, 1.165) is 38.3 Å². The van der Waals surface area contributed by atoms with Gasteiger partial charge in [-0.3, -0.25) is 14.4 Å². The molecule has 6 nitrogen and oxygen atoms in total. The molecule has 0 radical (unpaired) electrons. The Labute approximate surface area is 100 Å². The van der Waals surface area contributed by atoms with Crippen LogP contribution in [0.15, 0.2) is 12.4 Å². The average molecular weight is 238 g/mol. The number of aryl methyl sites for hydroxylation is 1. The van der Waals surface area contributed by atoms with Crippen LogP contribution in [0, 0.1) is 0 Å². The Morgan fingerprint density at radius 2 is 2.29 bits per heavy atom. The highest BCUT2D eigenvalue weighted by Crippen LogP contribution is 2.20. The number of rotatable bonds is 4. The Balaban J connectivity index is 2.18. The van der Waals surface area contributed by atoms with Crippen LogP contribution in [0.3, 0.4) is 0 Å². The normalized spacial score (nSPS) is 19.1. The van der Waals surface area contributed by atoms with E-state index >= 15 is 0 Å². The van der Waals surface area contributed by atoms with Crippen LogP contribution >= 0.6 is 0 Å². The molecule has 1 aliphatic rings. The van der Waals surface area contributed by atoms with E-state index in [4.69, 9.17) is 0 Å². The van der Waals surface area contributed by atoms with Crippen LogP contribution in [-0.2, 0) is 11.3 Å². The zero-order valence-electron chi connectivity index (χ0n) is 9.96. The van der Waals surface area contributed by atoms with Gasteiger partial charge in [-0.2, -0.15) is 5.10 Å². The number of aromatic nitrogens is 2. The molecule has 1 aromatic heterocycles. The third kappa shape index (κ3) is 2.65. The largest absolute Gasteiger partial charge is 0.480 e. The minimum atomic E-state index is -0.803. The summed E-state index contributed by atoms with van der Waals surface area (Å²) in [5, 5.41) is 16.7. The van der Waals surface area contributed by atoms with Gasteiger partial charge >= 0.3 is 5.97 Å². The molecule has 94 valence electrons. The van der Waals surface area contributed by atoms with Crippen molar-refractivity contribution in [1.29, 1.82) is 0 Å². The lowest BCUT2D eigenvalue weighted by molar-refractivity contribution is -0.143. The highest BCUT2D eigenvalue weighted by molar-refractivity contribution is 5.75. The fourth-order valence-corrected chi connectivity index (χ4v) is 2.14. The first-order valence-corrected chi connectivity index (χ1v) is 5.92. The summed E-state index contributed by atoms with van der Waals surface area (Å²) in [6, 6.07) is -0.572. The highest BCUT2D eigenvalue weighted by atomic mass is 16.4. The summed E-state index contributed by atoms with van der Waals surface area (Å²) >= 11 is 0. The average Bonchev–Trinajstić information content (AvgIpc) is 2.79. The first kappa shape index (κ1) is 12.1. The lowest BCUT2D eigenvalue weighted by atomic mass is 10.1. The molecular weight excluding hydrogens is 220 g/mol. The van der Waals surface area contributed by atoms with Gasteiger partial charge in [0.05, 0.1) is 6.20 Å². The Morgan fingerprint density at radius 3 is 2.82 bits per heavy atom. The van der Waals surface area contributed by atoms with Crippen LogP contribution in [0.5, 0.6) is 0 Å². The van der Waals surface area contributed by atoms with E-state index in [9.17, 15) is 9.90 Å². The van der Waals surface area contributed by atoms with Crippen molar-refractivity contribution in [3.05, 3.63) is 18.0 Å². The predicted molar refractivity (Wildman–Crippen MR) is 62.7 cm³/mol. The first-order valence-electron chi connectivity index (χ1n) is 5.92. The van der Waals surface area contributed by atoms with E-state index in [1.165, 1.54) is 0 Å². The highest BCUT2D eigenvalue weighted by Gasteiger charge is 2.29. The fraction of sp³-hybridized carbons (Fsp3) is 0.636. The number of nitrogens with one attached hydrogen (secondary N) is 1. The smallest absolute Gasteiger partial charge is 0.325 e. The summed E-state index contributed by atoms with van der Waals surface area (Å²) < 4.78 is 1.76. The number of piperazine rings is 1. The van der Waals surface area contributed by atoms with Crippen LogP contribution in [0.2, 0.25) is 0 Å². The second-order valence-electron chi connectivity index (χ2n) is 4.16. The van der Waals surface area contributed by atoms with Gasteiger partial charge in [0.25, 0.3) is 0 Å². The molecule has 1 atom stereocenters. The Kier molecular flexibility index (Phi) is 3.75. The number of hydrogen-bond acceptors (Lipinski definition) is 4. The molecule has 6 heteroatoms. The Bertz CT molecular complexity index is 385. The van der Waals surface area contributed by atoms with Crippen LogP contribution in [0.25, 0.3) is 0 Å². The third-order valence-corrected chi connectivity index (χ3v) is 3.04. The van der Waals surface area contributed by atoms with E-state index < -0.39 is 12.0 Å². The van der Waals surface area contributed by atoms with Crippen LogP contribution in [-0.4, -0.2) is 51.9 Å². The molecule has 0 saturated carbocycles. The molecule has 0 aliphatic carbocycles. The molecule has 2 N–H and O–H groups in total. The van der Waals surface area contributed by atoms with Crippen LogP contribution < -0.4 is 5.32 Å². The molecule has 2 rings (SSSR count). The van der Waals surface area contributed by atoms with E-state index in [1.807, 2.05) is 18.0 Å². The molecule has 0 aromatic carbocycles. The molecule has 1 fully saturated rings. The molecule has 1 aromatic rings. The molecule has 17 heavy (non-hydrogen) atoms. The third-order valence-electron chi connectivity index (χ3n) is 3.04. The molecule has 2 heterocycles. The molecule has 1 aliphatic heterocycles. The number of nitrogens with zero attached hydrogens (tertiary/aromatic N) is 3. The second kappa shape index (κ2) is 5.29. The lowest BCUT2D eigenvalue weighted by Gasteiger charge is -2.31. The van der Waals surface area contributed by atoms with Crippen molar-refractivity contribution in [2.75, 3.05) is 26.2 Å². The lowest BCUT2D eigenvalue weighted by Crippen LogP contribution is -2.47. The van der Waals surface area contributed by atoms with Gasteiger partial charge in [0.1, 0.15) is 6.04 Å². The summed E-state index contributed by atoms with van der Waals surface area (Å²) in [4.78, 5) is 13.4. The molecule has 0 amide bonds. The van der Waals surface area contributed by atoms with Crippen molar-refractivity contribution in [3.63, 3.8) is 0 Å². The standard InChI is InChI=1S/C11H18N4O2/c1-2-15-8-9(7-13-15)10(11(16)17)14-5-3-12-4-6-14/h7-8,10,12H,2-6H2,1H3,(H,16,17). The number of hydrogen-bond donors (Lipinski definition) is 2. The van der Waals surface area contributed by atoms with Gasteiger partial charge in [0.15, 0.2) is 0 Å². The Morgan fingerprint density at radius 1 is 1.59 bits per heavy atom. The molecule has 0 spiro atoms. The van der Waals surface area contributed by atoms with Gasteiger partial charge in [0.2, 0.25) is 0 Å². The Hall–Kier alpha value is -1.40. The fourth-order valence-electron chi connectivity index (χ4n) is 2.14. The van der Waals surface area contributed by atoms with E-state index in [-0.39, 0.29) is 0 Å². The minimum Gasteiger partial charge on any atom is -0.480 e. The van der Waals surface area contributed by atoms with Gasteiger partial charge in [-0.25, -0.2) is 0 Å². The zero-order chi connectivity index (χ0) is 12.3. The quantitative estimate of drug-likeness (QED) is 0.768. The summed E-state index contributed by atoms with van der Waals surface area (Å²) in [6.45, 7) is 5.94. The summed E-state index contributed by atoms with van der Waals surface area (Å²) in [5.41, 5.74) is 0.765. The molecule has 0 bridgehead atoms. The minimum absolute atomic E-state index is 0.572. The second-order valence-corrected chi connectivity index (χ2v) is 4.16. The number of carboxylic acid groups (broad SMARTS) is 1. The number of carbonyl (C=O) groups is 1. The zero-order valence-corrected chi connectivity index (χ0v) is 9.96. The van der Waals surface area contributed by atoms with Crippen molar-refractivity contribution in [1.82, 2.24) is 20.0 Å². The van der Waals surface area contributed by atoms with Crippen molar-refractivity contribution >= 4 is 5.97 Å². The summed E-state index contributed by atoms with van der Waals surface area (Å²) in [6.07, 6.45) is 3.48. The van der Waals surface area contributed by atoms with Gasteiger partial charge < -0.3 is 10.4 Å². The molecule has 1 saturated heterocycles. The number of carboxylic acids is 1. The number of aliphatic carboxylic acids is 1. The van der Waals surface area contributed by atoms with E-state index in [1.54, 1.807) is 10.9 Å². The van der Waals surface area contributed by atoms with Crippen molar-refractivity contribution < 1.29 is 9.90 Å². The van der Waals surface area contributed by atoms with Crippen molar-refractivity contribution in [2.45, 2.75) is 19.5 Å². The van der Waals surface area contributed by atoms with Crippen LogP contribution in [0.1, 0.15) is 18.5 Å². The predicted octanol–water partition coefficient (Wildman–Crippen LogP) is -0.0661. The van der Waals surface area contributed by atoms with E-state index in [0.29, 0.717) is 0 Å². The molecular formula is C11H18N4O2. The summed E-state index contributed by atoms with van der Waals surface area (Å²) in [7, 11) is 0. The van der Waals surface area contributed by atoms with Gasteiger partial charge in [0, 0.05) is 44.5 Å². The maximum absolute atomic E-state index is 11.4. The van der Waals surface area contributed by atoms with Crippen molar-refractivity contribution in [2.24, 2.45) is 0 Å². The van der Waals surface area contributed by atoms with Gasteiger partial charge in [-0.1, -0.05) is 0 Å². The monoisotopic (exact) mass is 238 g/mol. The first-order chi connectivity index (χ1) is 8.22. The maximum Gasteiger partial charge on any atom is 0.325 e.